The van der Waals surface area contributed by atoms with E-state index < -0.39 is 0 Å². The number of nitrogens with one attached hydrogen (secondary N) is 1. The number of ether oxygens (including phenoxy) is 2. The Bertz CT molecular complexity index is 738. The molecule has 23 heavy (non-hydrogen) atoms. The van der Waals surface area contributed by atoms with Gasteiger partial charge in [-0.1, -0.05) is 6.07 Å². The van der Waals surface area contributed by atoms with E-state index in [2.05, 4.69) is 5.32 Å². The molecule has 0 heterocycles. The van der Waals surface area contributed by atoms with E-state index in [1.807, 2.05) is 13.0 Å². The van der Waals surface area contributed by atoms with E-state index in [1.165, 1.54) is 6.08 Å². The molecule has 0 fully saturated rings. The van der Waals surface area contributed by atoms with Crippen molar-refractivity contribution in [2.75, 3.05) is 19.5 Å². The Morgan fingerprint density at radius 2 is 1.91 bits per heavy atom. The van der Waals surface area contributed by atoms with E-state index in [0.29, 0.717) is 17.2 Å². The van der Waals surface area contributed by atoms with Crippen LogP contribution >= 0.6 is 0 Å². The minimum Gasteiger partial charge on any atom is -0.506 e. The van der Waals surface area contributed by atoms with Crippen LogP contribution in [0.3, 0.4) is 0 Å². The van der Waals surface area contributed by atoms with Crippen molar-refractivity contribution < 1.29 is 19.4 Å². The maximum absolute atomic E-state index is 12.0. The van der Waals surface area contributed by atoms with Gasteiger partial charge in [0, 0.05) is 17.7 Å². The van der Waals surface area contributed by atoms with Gasteiger partial charge in [-0.15, -0.1) is 0 Å². The number of amides is 1. The topological polar surface area (TPSA) is 67.8 Å². The van der Waals surface area contributed by atoms with Gasteiger partial charge in [0.2, 0.25) is 5.91 Å². The number of aromatic hydroxyl groups is 1. The average molecular weight is 313 g/mol. The zero-order valence-electron chi connectivity index (χ0n) is 13.3. The molecule has 0 spiro atoms. The van der Waals surface area contributed by atoms with Crippen molar-refractivity contribution in [3.63, 3.8) is 0 Å². The van der Waals surface area contributed by atoms with E-state index in [4.69, 9.17) is 9.47 Å². The van der Waals surface area contributed by atoms with E-state index in [1.54, 1.807) is 50.6 Å². The maximum Gasteiger partial charge on any atom is 0.248 e. The van der Waals surface area contributed by atoms with Crippen molar-refractivity contribution in [1.29, 1.82) is 0 Å². The molecule has 0 bridgehead atoms. The first-order chi connectivity index (χ1) is 11.0. The first-order valence-electron chi connectivity index (χ1n) is 7.04. The van der Waals surface area contributed by atoms with Gasteiger partial charge in [-0.3, -0.25) is 4.79 Å². The third-order valence-corrected chi connectivity index (χ3v) is 3.27. The van der Waals surface area contributed by atoms with Crippen LogP contribution in [0.25, 0.3) is 6.08 Å². The highest BCUT2D eigenvalue weighted by Crippen LogP contribution is 2.26. The van der Waals surface area contributed by atoms with Gasteiger partial charge in [-0.25, -0.2) is 0 Å². The average Bonchev–Trinajstić information content (AvgIpc) is 2.55. The van der Waals surface area contributed by atoms with Crippen molar-refractivity contribution >= 4 is 17.7 Å². The summed E-state index contributed by atoms with van der Waals surface area (Å²) in [6, 6.07) is 10.4. The highest BCUT2D eigenvalue weighted by atomic mass is 16.5. The lowest BCUT2D eigenvalue weighted by Crippen LogP contribution is -2.07. The highest BCUT2D eigenvalue weighted by Gasteiger charge is 2.05. The second-order valence-electron chi connectivity index (χ2n) is 4.95. The zero-order chi connectivity index (χ0) is 16.8. The number of hydrogen-bond acceptors (Lipinski definition) is 4. The summed E-state index contributed by atoms with van der Waals surface area (Å²) in [6.07, 6.45) is 3.02. The van der Waals surface area contributed by atoms with E-state index in [9.17, 15) is 9.90 Å². The van der Waals surface area contributed by atoms with E-state index in [-0.39, 0.29) is 11.7 Å². The monoisotopic (exact) mass is 313 g/mol. The molecule has 0 aliphatic carbocycles. The summed E-state index contributed by atoms with van der Waals surface area (Å²) in [6.45, 7) is 1.86. The number of benzene rings is 2. The number of carbonyl (C=O) groups excluding carboxylic acids is 1. The van der Waals surface area contributed by atoms with Crippen LogP contribution in [0.5, 0.6) is 17.2 Å². The van der Waals surface area contributed by atoms with Crippen LogP contribution in [0, 0.1) is 6.92 Å². The number of methoxy groups -OCH3 is 2. The molecule has 2 aromatic rings. The minimum atomic E-state index is -0.345. The lowest BCUT2D eigenvalue weighted by molar-refractivity contribution is -0.111. The van der Waals surface area contributed by atoms with Crippen molar-refractivity contribution in [3.8, 4) is 17.2 Å². The molecule has 120 valence electrons. The molecule has 0 saturated carbocycles. The summed E-state index contributed by atoms with van der Waals surface area (Å²) in [7, 11) is 3.13. The van der Waals surface area contributed by atoms with Crippen molar-refractivity contribution in [2.24, 2.45) is 0 Å². The Balaban J connectivity index is 2.12. The zero-order valence-corrected chi connectivity index (χ0v) is 13.3. The van der Waals surface area contributed by atoms with Gasteiger partial charge >= 0.3 is 0 Å². The van der Waals surface area contributed by atoms with Crippen LogP contribution in [0.1, 0.15) is 11.1 Å². The Hall–Kier alpha value is -2.95. The van der Waals surface area contributed by atoms with Crippen LogP contribution in [0.15, 0.2) is 42.5 Å². The summed E-state index contributed by atoms with van der Waals surface area (Å²) in [5.74, 6) is 0.968. The molecule has 1 amide bonds. The largest absolute Gasteiger partial charge is 0.506 e. The first-order valence-corrected chi connectivity index (χ1v) is 7.04. The number of hydrogen-bond donors (Lipinski definition) is 2. The Morgan fingerprint density at radius 1 is 1.13 bits per heavy atom. The summed E-state index contributed by atoms with van der Waals surface area (Å²) < 4.78 is 10.4. The predicted molar refractivity (Wildman–Crippen MR) is 90.1 cm³/mol. The van der Waals surface area contributed by atoms with Crippen LogP contribution in [-0.2, 0) is 4.79 Å². The van der Waals surface area contributed by atoms with Gasteiger partial charge in [-0.2, -0.15) is 0 Å². The molecule has 2 N–H and O–H groups in total. The fourth-order valence-electron chi connectivity index (χ4n) is 2.04. The molecule has 0 saturated heterocycles. The number of phenols is 1. The third-order valence-electron chi connectivity index (χ3n) is 3.27. The minimum absolute atomic E-state index is 0.0359. The highest BCUT2D eigenvalue weighted by molar-refractivity contribution is 6.02. The second-order valence-corrected chi connectivity index (χ2v) is 4.95. The molecule has 0 unspecified atom stereocenters. The van der Waals surface area contributed by atoms with Crippen molar-refractivity contribution in [3.05, 3.63) is 53.6 Å². The van der Waals surface area contributed by atoms with Crippen LogP contribution in [0.2, 0.25) is 0 Å². The summed E-state index contributed by atoms with van der Waals surface area (Å²) in [5.41, 5.74) is 2.03. The summed E-state index contributed by atoms with van der Waals surface area (Å²) in [5, 5.41) is 12.4. The van der Waals surface area contributed by atoms with Crippen molar-refractivity contribution in [1.82, 2.24) is 0 Å². The Morgan fingerprint density at radius 3 is 2.57 bits per heavy atom. The third kappa shape index (κ3) is 4.26. The van der Waals surface area contributed by atoms with Crippen LogP contribution in [-0.4, -0.2) is 25.2 Å². The standard InChI is InChI=1S/C18H19NO4/c1-12-4-8-15(16(20)10-12)19-18(21)9-6-13-5-7-14(22-2)11-17(13)23-3/h4-11,20H,1-3H3,(H,19,21)/b9-6+. The summed E-state index contributed by atoms with van der Waals surface area (Å²) in [4.78, 5) is 12.0. The molecule has 2 aromatic carbocycles. The second kappa shape index (κ2) is 7.35. The van der Waals surface area contributed by atoms with E-state index in [0.717, 1.165) is 11.1 Å². The van der Waals surface area contributed by atoms with Crippen LogP contribution in [0.4, 0.5) is 5.69 Å². The predicted octanol–water partition coefficient (Wildman–Crippen LogP) is 3.37. The van der Waals surface area contributed by atoms with Gasteiger partial charge in [0.05, 0.1) is 19.9 Å². The molecule has 0 aliphatic rings. The first kappa shape index (κ1) is 16.4. The molecule has 0 atom stereocenters. The van der Waals surface area contributed by atoms with E-state index >= 15 is 0 Å². The van der Waals surface area contributed by atoms with Gasteiger partial charge in [0.15, 0.2) is 0 Å². The fourth-order valence-corrected chi connectivity index (χ4v) is 2.04. The number of carbonyl (C=O) groups is 1. The molecule has 0 aliphatic heterocycles. The normalized spacial score (nSPS) is 10.6. The number of aryl methyl sites for hydroxylation is 1. The van der Waals surface area contributed by atoms with Gasteiger partial charge < -0.3 is 19.9 Å². The number of anilines is 1. The molecular formula is C18H19NO4. The van der Waals surface area contributed by atoms with Gasteiger partial charge in [0.1, 0.15) is 17.2 Å². The van der Waals surface area contributed by atoms with Crippen molar-refractivity contribution in [2.45, 2.75) is 6.92 Å². The molecule has 0 radical (unpaired) electrons. The molecule has 5 heteroatoms. The molecule has 2 rings (SSSR count). The SMILES string of the molecule is COc1ccc(/C=C/C(=O)Nc2ccc(C)cc2O)c(OC)c1. The lowest BCUT2D eigenvalue weighted by Gasteiger charge is -2.08. The molecule has 0 aromatic heterocycles. The van der Waals surface area contributed by atoms with Crippen LogP contribution < -0.4 is 14.8 Å². The fraction of sp³-hybridized carbons (Fsp3) is 0.167. The number of rotatable bonds is 5. The Kier molecular flexibility index (Phi) is 5.25. The quantitative estimate of drug-likeness (QED) is 0.656. The maximum atomic E-state index is 12.0. The smallest absolute Gasteiger partial charge is 0.248 e. The van der Waals surface area contributed by atoms with Gasteiger partial charge in [0.25, 0.3) is 0 Å². The number of phenolic OH excluding ortho intramolecular Hbond substituents is 1. The molecule has 5 nitrogen and oxygen atoms in total. The lowest BCUT2D eigenvalue weighted by atomic mass is 10.1. The Labute approximate surface area is 135 Å². The van der Waals surface area contributed by atoms with Gasteiger partial charge in [-0.05, 0) is 42.8 Å². The summed E-state index contributed by atoms with van der Waals surface area (Å²) >= 11 is 0. The molecular weight excluding hydrogens is 294 g/mol.